The molecule has 0 heterocycles. The van der Waals surface area contributed by atoms with Crippen LogP contribution in [0, 0.1) is 5.41 Å². The van der Waals surface area contributed by atoms with Gasteiger partial charge < -0.3 is 10.6 Å². The largest absolute Gasteiger partial charge is 0.359 e. The molecule has 1 amide bonds. The lowest BCUT2D eigenvalue weighted by atomic mass is 9.91. The van der Waals surface area contributed by atoms with Gasteiger partial charge in [-0.2, -0.15) is 0 Å². The van der Waals surface area contributed by atoms with Crippen LogP contribution in [0.2, 0.25) is 0 Å². The molecule has 0 aliphatic heterocycles. The minimum Gasteiger partial charge on any atom is -0.359 e. The lowest BCUT2D eigenvalue weighted by molar-refractivity contribution is -0.128. The van der Waals surface area contributed by atoms with Gasteiger partial charge in [-0.1, -0.05) is 31.2 Å². The van der Waals surface area contributed by atoms with Gasteiger partial charge in [0.15, 0.2) is 0 Å². The number of benzene rings is 1. The molecule has 1 rings (SSSR count). The summed E-state index contributed by atoms with van der Waals surface area (Å²) in [5.41, 5.74) is 2.21. The van der Waals surface area contributed by atoms with Gasteiger partial charge in [-0.3, -0.25) is 4.79 Å². The van der Waals surface area contributed by atoms with Gasteiger partial charge in [0.25, 0.3) is 0 Å². The number of aryl methyl sites for hydroxylation is 1. The molecule has 0 aliphatic carbocycles. The fourth-order valence-electron chi connectivity index (χ4n) is 1.99. The standard InChI is InChI=1S/C16H26N2O/c1-6-13-7-9-14(10-8-13)12(2)18-11-16(3,4)15(19)17-5/h7-10,12,18H,6,11H2,1-5H3,(H,17,19). The fourth-order valence-corrected chi connectivity index (χ4v) is 1.99. The van der Waals surface area contributed by atoms with Crippen LogP contribution in [0.5, 0.6) is 0 Å². The van der Waals surface area contributed by atoms with E-state index in [0.717, 1.165) is 6.42 Å². The Morgan fingerprint density at radius 2 is 1.84 bits per heavy atom. The Hall–Kier alpha value is -1.35. The molecule has 0 aliphatic rings. The van der Waals surface area contributed by atoms with Crippen LogP contribution in [-0.2, 0) is 11.2 Å². The van der Waals surface area contributed by atoms with Crippen molar-refractivity contribution in [2.45, 2.75) is 40.2 Å². The Balaban J connectivity index is 2.59. The molecule has 0 fully saturated rings. The molecule has 106 valence electrons. The Labute approximate surface area is 116 Å². The van der Waals surface area contributed by atoms with Crippen molar-refractivity contribution in [3.63, 3.8) is 0 Å². The molecule has 1 aromatic rings. The van der Waals surface area contributed by atoms with Crippen LogP contribution in [0.3, 0.4) is 0 Å². The predicted octanol–water partition coefficient (Wildman–Crippen LogP) is 2.67. The second-order valence-electron chi connectivity index (χ2n) is 5.66. The quantitative estimate of drug-likeness (QED) is 0.827. The maximum Gasteiger partial charge on any atom is 0.226 e. The van der Waals surface area contributed by atoms with Gasteiger partial charge in [0.2, 0.25) is 5.91 Å². The van der Waals surface area contributed by atoms with E-state index in [1.54, 1.807) is 7.05 Å². The summed E-state index contributed by atoms with van der Waals surface area (Å²) in [6, 6.07) is 8.89. The number of hydrogen-bond acceptors (Lipinski definition) is 2. The lowest BCUT2D eigenvalue weighted by Gasteiger charge is -2.25. The molecule has 0 bridgehead atoms. The third kappa shape index (κ3) is 4.35. The van der Waals surface area contributed by atoms with E-state index in [-0.39, 0.29) is 11.9 Å². The van der Waals surface area contributed by atoms with E-state index in [1.165, 1.54) is 11.1 Å². The minimum atomic E-state index is -0.396. The molecule has 0 saturated heterocycles. The van der Waals surface area contributed by atoms with Crippen molar-refractivity contribution in [1.82, 2.24) is 10.6 Å². The van der Waals surface area contributed by atoms with Crippen molar-refractivity contribution in [2.75, 3.05) is 13.6 Å². The van der Waals surface area contributed by atoms with Crippen LogP contribution in [0.4, 0.5) is 0 Å². The van der Waals surface area contributed by atoms with E-state index in [4.69, 9.17) is 0 Å². The monoisotopic (exact) mass is 262 g/mol. The number of carbonyl (C=O) groups is 1. The van der Waals surface area contributed by atoms with Gasteiger partial charge in [-0.05, 0) is 38.3 Å². The van der Waals surface area contributed by atoms with Gasteiger partial charge in [0.05, 0.1) is 5.41 Å². The van der Waals surface area contributed by atoms with Crippen molar-refractivity contribution >= 4 is 5.91 Å². The topological polar surface area (TPSA) is 41.1 Å². The zero-order valence-corrected chi connectivity index (χ0v) is 12.7. The maximum absolute atomic E-state index is 11.7. The number of carbonyl (C=O) groups excluding carboxylic acids is 1. The van der Waals surface area contributed by atoms with E-state index in [9.17, 15) is 4.79 Å². The number of amides is 1. The second kappa shape index (κ2) is 6.71. The highest BCUT2D eigenvalue weighted by Gasteiger charge is 2.26. The predicted molar refractivity (Wildman–Crippen MR) is 80.1 cm³/mol. The summed E-state index contributed by atoms with van der Waals surface area (Å²) < 4.78 is 0. The summed E-state index contributed by atoms with van der Waals surface area (Å²) in [4.78, 5) is 11.7. The Morgan fingerprint density at radius 1 is 1.26 bits per heavy atom. The van der Waals surface area contributed by atoms with E-state index in [1.807, 2.05) is 13.8 Å². The van der Waals surface area contributed by atoms with E-state index >= 15 is 0 Å². The smallest absolute Gasteiger partial charge is 0.226 e. The summed E-state index contributed by atoms with van der Waals surface area (Å²) in [5.74, 6) is 0.0635. The summed E-state index contributed by atoms with van der Waals surface area (Å²) in [6.45, 7) is 8.84. The zero-order chi connectivity index (χ0) is 14.5. The zero-order valence-electron chi connectivity index (χ0n) is 12.7. The highest BCUT2D eigenvalue weighted by atomic mass is 16.2. The second-order valence-corrected chi connectivity index (χ2v) is 5.66. The van der Waals surface area contributed by atoms with Crippen molar-refractivity contribution in [3.8, 4) is 0 Å². The number of nitrogens with one attached hydrogen (secondary N) is 2. The van der Waals surface area contributed by atoms with Crippen LogP contribution in [-0.4, -0.2) is 19.5 Å². The van der Waals surface area contributed by atoms with Crippen LogP contribution >= 0.6 is 0 Å². The van der Waals surface area contributed by atoms with E-state index in [0.29, 0.717) is 6.54 Å². The van der Waals surface area contributed by atoms with Gasteiger partial charge in [0.1, 0.15) is 0 Å². The average molecular weight is 262 g/mol. The molecule has 1 aromatic carbocycles. The van der Waals surface area contributed by atoms with Crippen molar-refractivity contribution < 1.29 is 4.79 Å². The van der Waals surface area contributed by atoms with Crippen LogP contribution in [0.15, 0.2) is 24.3 Å². The maximum atomic E-state index is 11.7. The summed E-state index contributed by atoms with van der Waals surface area (Å²) in [6.07, 6.45) is 1.06. The molecule has 2 N–H and O–H groups in total. The SMILES string of the molecule is CCc1ccc(C(C)NCC(C)(C)C(=O)NC)cc1. The van der Waals surface area contributed by atoms with E-state index in [2.05, 4.69) is 48.7 Å². The minimum absolute atomic E-state index is 0.0635. The fraction of sp³-hybridized carbons (Fsp3) is 0.562. The third-order valence-electron chi connectivity index (χ3n) is 3.58. The molecule has 19 heavy (non-hydrogen) atoms. The Kier molecular flexibility index (Phi) is 5.55. The highest BCUT2D eigenvalue weighted by Crippen LogP contribution is 2.18. The molecule has 0 spiro atoms. The van der Waals surface area contributed by atoms with Crippen LogP contribution < -0.4 is 10.6 Å². The molecule has 1 unspecified atom stereocenters. The Bertz CT molecular complexity index is 409. The Morgan fingerprint density at radius 3 is 2.32 bits per heavy atom. The van der Waals surface area contributed by atoms with E-state index < -0.39 is 5.41 Å². The molecule has 3 nitrogen and oxygen atoms in total. The molecule has 0 radical (unpaired) electrons. The van der Waals surface area contributed by atoms with Crippen molar-refractivity contribution in [1.29, 1.82) is 0 Å². The summed E-state index contributed by atoms with van der Waals surface area (Å²) in [5, 5.41) is 6.14. The van der Waals surface area contributed by atoms with Gasteiger partial charge in [-0.25, -0.2) is 0 Å². The third-order valence-corrected chi connectivity index (χ3v) is 3.58. The summed E-state index contributed by atoms with van der Waals surface area (Å²) >= 11 is 0. The first kappa shape index (κ1) is 15.7. The lowest BCUT2D eigenvalue weighted by Crippen LogP contribution is -2.42. The van der Waals surface area contributed by atoms with Crippen LogP contribution in [0.1, 0.15) is 44.9 Å². The number of rotatable bonds is 6. The van der Waals surface area contributed by atoms with Gasteiger partial charge >= 0.3 is 0 Å². The van der Waals surface area contributed by atoms with Gasteiger partial charge in [0, 0.05) is 19.6 Å². The molecular formula is C16H26N2O. The number of hydrogen-bond donors (Lipinski definition) is 2. The molecule has 1 atom stereocenters. The highest BCUT2D eigenvalue weighted by molar-refractivity contribution is 5.81. The molecular weight excluding hydrogens is 236 g/mol. The molecule has 0 saturated carbocycles. The molecule has 3 heteroatoms. The normalized spacial score (nSPS) is 13.1. The molecule has 0 aromatic heterocycles. The summed E-state index contributed by atoms with van der Waals surface area (Å²) in [7, 11) is 1.68. The van der Waals surface area contributed by atoms with Crippen LogP contribution in [0.25, 0.3) is 0 Å². The average Bonchev–Trinajstić information content (AvgIpc) is 2.43. The first-order chi connectivity index (χ1) is 8.90. The van der Waals surface area contributed by atoms with Crippen molar-refractivity contribution in [3.05, 3.63) is 35.4 Å². The van der Waals surface area contributed by atoms with Crippen molar-refractivity contribution in [2.24, 2.45) is 5.41 Å². The van der Waals surface area contributed by atoms with Gasteiger partial charge in [-0.15, -0.1) is 0 Å². The first-order valence-electron chi connectivity index (χ1n) is 6.95. The first-order valence-corrected chi connectivity index (χ1v) is 6.95.